The number of phenolic OH excluding ortho intramolecular Hbond substituents is 1. The van der Waals surface area contributed by atoms with E-state index >= 15 is 4.39 Å². The van der Waals surface area contributed by atoms with Crippen molar-refractivity contribution in [2.45, 2.75) is 55.0 Å². The number of piperidine rings is 2. The number of hydrogen-bond acceptors (Lipinski definition) is 8. The van der Waals surface area contributed by atoms with Crippen LogP contribution in [0.5, 0.6) is 5.75 Å². The number of aromatic hydroxyl groups is 1. The van der Waals surface area contributed by atoms with E-state index in [1.807, 2.05) is 18.2 Å². The summed E-state index contributed by atoms with van der Waals surface area (Å²) < 4.78 is 28.9. The van der Waals surface area contributed by atoms with Gasteiger partial charge in [-0.05, 0) is 54.8 Å². The van der Waals surface area contributed by atoms with Gasteiger partial charge in [0.1, 0.15) is 11.9 Å². The Kier molecular flexibility index (Phi) is 6.35. The zero-order valence-corrected chi connectivity index (χ0v) is 19.8. The van der Waals surface area contributed by atoms with Gasteiger partial charge in [-0.15, -0.1) is 22.0 Å². The minimum Gasteiger partial charge on any atom is -0.507 e. The van der Waals surface area contributed by atoms with Crippen LogP contribution in [0.2, 0.25) is 0 Å². The monoisotopic (exact) mass is 484 g/mol. The van der Waals surface area contributed by atoms with Gasteiger partial charge in [0, 0.05) is 25.2 Å². The number of aromatic nitrogens is 4. The smallest absolute Gasteiger partial charge is 0.214 e. The Bertz CT molecular complexity index is 1180. The third kappa shape index (κ3) is 4.44. The second kappa shape index (κ2) is 9.42. The molecule has 1 aromatic carbocycles. The molecule has 2 aliphatic rings. The first-order valence-corrected chi connectivity index (χ1v) is 12.5. The molecule has 0 unspecified atom stereocenters. The number of anilines is 1. The minimum atomic E-state index is -0.982. The molecule has 0 spiro atoms. The summed E-state index contributed by atoms with van der Waals surface area (Å²) in [6.07, 6.45) is 6.09. The van der Waals surface area contributed by atoms with Gasteiger partial charge < -0.3 is 15.3 Å². The van der Waals surface area contributed by atoms with Gasteiger partial charge in [0.2, 0.25) is 5.95 Å². The Balaban J connectivity index is 1.36. The molecule has 0 amide bonds. The molecular weight excluding hydrogens is 458 g/mol. The van der Waals surface area contributed by atoms with Crippen LogP contribution in [0.25, 0.3) is 22.5 Å². The van der Waals surface area contributed by atoms with Crippen molar-refractivity contribution in [3.05, 3.63) is 42.5 Å². The highest BCUT2D eigenvalue weighted by Gasteiger charge is 2.42. The number of pyridine rings is 1. The summed E-state index contributed by atoms with van der Waals surface area (Å²) in [6, 6.07) is 8.00. The van der Waals surface area contributed by atoms with E-state index in [0.717, 1.165) is 19.3 Å². The molecule has 2 fully saturated rings. The number of fused-ring (bicyclic) bond motifs is 2. The summed E-state index contributed by atoms with van der Waals surface area (Å²) in [5, 5.41) is 23.0. The summed E-state index contributed by atoms with van der Waals surface area (Å²) >= 11 is 1.34. The number of benzene rings is 1. The van der Waals surface area contributed by atoms with E-state index in [4.69, 9.17) is 0 Å². The van der Waals surface area contributed by atoms with Crippen molar-refractivity contribution in [3.8, 4) is 28.3 Å². The Morgan fingerprint density at radius 1 is 1.15 bits per heavy atom. The molecule has 2 aliphatic heterocycles. The summed E-state index contributed by atoms with van der Waals surface area (Å²) in [6.45, 7) is 0. The molecule has 3 aromatic rings. The van der Waals surface area contributed by atoms with Crippen LogP contribution in [0.1, 0.15) is 25.7 Å². The first-order chi connectivity index (χ1) is 16.4. The van der Waals surface area contributed by atoms with Gasteiger partial charge in [-0.1, -0.05) is 12.5 Å². The van der Waals surface area contributed by atoms with Crippen molar-refractivity contribution in [1.82, 2.24) is 25.5 Å². The SMILES string of the molecule is CSc1cc(-c2ccc(-c3ncc(N(C)[C@@H]4C[C@@H]5CCC[C@@H](N5)[C@@H]4F)nn3)c(O)c2)cc(F)n1. The Morgan fingerprint density at radius 3 is 2.74 bits per heavy atom. The molecule has 5 rings (SSSR count). The fourth-order valence-corrected chi connectivity index (χ4v) is 5.34. The molecule has 4 heterocycles. The standard InChI is InChI=1S/C24H26F2N6OS/c1-32(18-11-15-4-3-5-17(28-15)23(18)26)21-12-27-24(31-30-21)16-7-6-13(8-19(16)33)14-9-20(25)29-22(10-14)34-2/h6-10,12,15,17-18,23,28,33H,3-5,11H2,1-2H3/t15-,17+,18+,23-/m0/s1. The van der Waals surface area contributed by atoms with Gasteiger partial charge in [-0.2, -0.15) is 4.39 Å². The van der Waals surface area contributed by atoms with E-state index in [0.29, 0.717) is 40.0 Å². The fourth-order valence-electron chi connectivity index (χ4n) is 4.92. The van der Waals surface area contributed by atoms with Crippen LogP contribution in [-0.2, 0) is 0 Å². The van der Waals surface area contributed by atoms with Crippen molar-refractivity contribution in [1.29, 1.82) is 0 Å². The van der Waals surface area contributed by atoms with Gasteiger partial charge in [0.05, 0.1) is 22.8 Å². The first-order valence-electron chi connectivity index (χ1n) is 11.3. The molecule has 34 heavy (non-hydrogen) atoms. The lowest BCUT2D eigenvalue weighted by atomic mass is 9.82. The summed E-state index contributed by atoms with van der Waals surface area (Å²) in [4.78, 5) is 10.0. The lowest BCUT2D eigenvalue weighted by Crippen LogP contribution is -2.61. The van der Waals surface area contributed by atoms with E-state index in [1.165, 1.54) is 17.8 Å². The largest absolute Gasteiger partial charge is 0.507 e. The summed E-state index contributed by atoms with van der Waals surface area (Å²) in [7, 11) is 1.83. The third-order valence-electron chi connectivity index (χ3n) is 6.76. The van der Waals surface area contributed by atoms with Crippen LogP contribution < -0.4 is 10.2 Å². The summed E-state index contributed by atoms with van der Waals surface area (Å²) in [5.74, 6) is 0.124. The molecule has 4 atom stereocenters. The molecular formula is C24H26F2N6OS. The topological polar surface area (TPSA) is 87.1 Å². The molecule has 0 aliphatic carbocycles. The number of phenols is 1. The maximum atomic E-state index is 15.1. The highest BCUT2D eigenvalue weighted by molar-refractivity contribution is 7.98. The van der Waals surface area contributed by atoms with Crippen molar-refractivity contribution in [2.24, 2.45) is 0 Å². The van der Waals surface area contributed by atoms with E-state index in [-0.39, 0.29) is 23.7 Å². The number of hydrogen-bond donors (Lipinski definition) is 2. The van der Waals surface area contributed by atoms with Crippen LogP contribution in [0.4, 0.5) is 14.6 Å². The molecule has 2 aromatic heterocycles. The second-order valence-corrected chi connectivity index (χ2v) is 9.68. The van der Waals surface area contributed by atoms with Gasteiger partial charge in [0.25, 0.3) is 0 Å². The second-order valence-electron chi connectivity index (χ2n) is 8.85. The molecule has 0 saturated carbocycles. The molecule has 0 radical (unpaired) electrons. The number of thioether (sulfide) groups is 1. The van der Waals surface area contributed by atoms with Crippen LogP contribution in [0.15, 0.2) is 41.6 Å². The Labute approximate surface area is 201 Å². The fraction of sp³-hybridized carbons (Fsp3) is 0.417. The maximum absolute atomic E-state index is 15.1. The van der Waals surface area contributed by atoms with Crippen molar-refractivity contribution >= 4 is 17.6 Å². The van der Waals surface area contributed by atoms with E-state index in [1.54, 1.807) is 30.5 Å². The van der Waals surface area contributed by atoms with Crippen molar-refractivity contribution < 1.29 is 13.9 Å². The van der Waals surface area contributed by atoms with Crippen LogP contribution in [0.3, 0.4) is 0 Å². The van der Waals surface area contributed by atoms with Crippen molar-refractivity contribution in [3.63, 3.8) is 0 Å². The van der Waals surface area contributed by atoms with Gasteiger partial charge in [-0.25, -0.2) is 14.4 Å². The highest BCUT2D eigenvalue weighted by Crippen LogP contribution is 2.34. The predicted molar refractivity (Wildman–Crippen MR) is 128 cm³/mol. The maximum Gasteiger partial charge on any atom is 0.214 e. The van der Waals surface area contributed by atoms with Crippen LogP contribution in [0, 0.1) is 5.95 Å². The van der Waals surface area contributed by atoms with E-state index in [2.05, 4.69) is 25.5 Å². The molecule has 2 N–H and O–H groups in total. The van der Waals surface area contributed by atoms with Gasteiger partial charge >= 0.3 is 0 Å². The van der Waals surface area contributed by atoms with E-state index < -0.39 is 12.1 Å². The van der Waals surface area contributed by atoms with Crippen LogP contribution in [-0.4, -0.2) is 62.9 Å². The average molecular weight is 485 g/mol. The number of rotatable bonds is 5. The normalized spacial score (nSPS) is 24.1. The number of alkyl halides is 1. The minimum absolute atomic E-state index is 0.0432. The quantitative estimate of drug-likeness (QED) is 0.411. The Morgan fingerprint density at radius 2 is 2.00 bits per heavy atom. The molecule has 10 heteroatoms. The predicted octanol–water partition coefficient (Wildman–Crippen LogP) is 4.22. The third-order valence-corrected chi connectivity index (χ3v) is 7.38. The Hall–Kier alpha value is -2.85. The highest BCUT2D eigenvalue weighted by atomic mass is 32.2. The lowest BCUT2D eigenvalue weighted by Gasteiger charge is -2.45. The zero-order chi connectivity index (χ0) is 23.8. The summed E-state index contributed by atoms with van der Waals surface area (Å²) in [5.41, 5.74) is 1.67. The van der Waals surface area contributed by atoms with Crippen molar-refractivity contribution in [2.75, 3.05) is 18.2 Å². The number of nitrogens with zero attached hydrogens (tertiary/aromatic N) is 5. The van der Waals surface area contributed by atoms with Gasteiger partial charge in [0.15, 0.2) is 11.6 Å². The van der Waals surface area contributed by atoms with Gasteiger partial charge in [-0.3, -0.25) is 0 Å². The molecule has 178 valence electrons. The lowest BCUT2D eigenvalue weighted by molar-refractivity contribution is 0.107. The first kappa shape index (κ1) is 22.9. The number of nitrogens with one attached hydrogen (secondary N) is 1. The molecule has 7 nitrogen and oxygen atoms in total. The average Bonchev–Trinajstić information content (AvgIpc) is 2.85. The molecule has 2 bridgehead atoms. The molecule has 2 saturated heterocycles. The van der Waals surface area contributed by atoms with Crippen LogP contribution >= 0.6 is 11.8 Å². The number of halogens is 2. The van der Waals surface area contributed by atoms with E-state index in [9.17, 15) is 9.50 Å². The zero-order valence-electron chi connectivity index (χ0n) is 18.9.